The van der Waals surface area contributed by atoms with E-state index in [9.17, 15) is 0 Å². The van der Waals surface area contributed by atoms with Crippen LogP contribution in [0.25, 0.3) is 0 Å². The number of rotatable bonds is 5. The highest BCUT2D eigenvalue weighted by atomic mass is 32.2. The molecule has 0 amide bonds. The maximum atomic E-state index is 3.61. The van der Waals surface area contributed by atoms with E-state index in [1.165, 1.54) is 50.5 Å². The Morgan fingerprint density at radius 2 is 2.20 bits per heavy atom. The van der Waals surface area contributed by atoms with Crippen molar-refractivity contribution in [3.8, 4) is 0 Å². The van der Waals surface area contributed by atoms with Crippen molar-refractivity contribution >= 4 is 11.8 Å². The van der Waals surface area contributed by atoms with Gasteiger partial charge in [0.25, 0.3) is 0 Å². The van der Waals surface area contributed by atoms with Crippen molar-refractivity contribution in [3.05, 3.63) is 0 Å². The first-order valence-electron chi connectivity index (χ1n) is 6.19. The van der Waals surface area contributed by atoms with Crippen LogP contribution in [0.1, 0.15) is 33.6 Å². The van der Waals surface area contributed by atoms with Crippen LogP contribution in [-0.4, -0.2) is 48.1 Å². The molecule has 0 atom stereocenters. The van der Waals surface area contributed by atoms with E-state index in [4.69, 9.17) is 0 Å². The molecule has 0 unspecified atom stereocenters. The molecule has 2 nitrogen and oxygen atoms in total. The minimum absolute atomic E-state index is 0.300. The topological polar surface area (TPSA) is 15.3 Å². The Labute approximate surface area is 99.2 Å². The van der Waals surface area contributed by atoms with Crippen molar-refractivity contribution in [2.75, 3.05) is 37.7 Å². The summed E-state index contributed by atoms with van der Waals surface area (Å²) in [4.78, 5) is 2.62. The van der Waals surface area contributed by atoms with Gasteiger partial charge in [-0.3, -0.25) is 0 Å². The SMILES string of the molecule is CCSCCCN1CCCNC(C)(C)C1. The number of thioether (sulfide) groups is 1. The summed E-state index contributed by atoms with van der Waals surface area (Å²) >= 11 is 2.06. The molecule has 15 heavy (non-hydrogen) atoms. The molecule has 0 aromatic carbocycles. The Balaban J connectivity index is 2.21. The third-order valence-electron chi connectivity index (χ3n) is 2.84. The highest BCUT2D eigenvalue weighted by molar-refractivity contribution is 7.99. The first kappa shape index (κ1) is 13.3. The van der Waals surface area contributed by atoms with Crippen molar-refractivity contribution < 1.29 is 0 Å². The number of nitrogens with one attached hydrogen (secondary N) is 1. The number of nitrogens with zero attached hydrogens (tertiary/aromatic N) is 1. The highest BCUT2D eigenvalue weighted by Crippen LogP contribution is 2.11. The number of hydrogen-bond donors (Lipinski definition) is 1. The summed E-state index contributed by atoms with van der Waals surface area (Å²) in [5.74, 6) is 2.58. The fourth-order valence-electron chi connectivity index (χ4n) is 2.15. The first-order valence-corrected chi connectivity index (χ1v) is 7.34. The van der Waals surface area contributed by atoms with Crippen LogP contribution in [0.4, 0.5) is 0 Å². The third kappa shape index (κ3) is 5.79. The average Bonchev–Trinajstić information content (AvgIpc) is 2.34. The van der Waals surface area contributed by atoms with Gasteiger partial charge >= 0.3 is 0 Å². The predicted molar refractivity (Wildman–Crippen MR) is 70.8 cm³/mol. The van der Waals surface area contributed by atoms with Gasteiger partial charge in [0, 0.05) is 12.1 Å². The van der Waals surface area contributed by atoms with Gasteiger partial charge in [0.2, 0.25) is 0 Å². The van der Waals surface area contributed by atoms with Gasteiger partial charge in [-0.2, -0.15) is 11.8 Å². The van der Waals surface area contributed by atoms with Crippen molar-refractivity contribution in [2.45, 2.75) is 39.2 Å². The van der Waals surface area contributed by atoms with E-state index in [1.807, 2.05) is 0 Å². The summed E-state index contributed by atoms with van der Waals surface area (Å²) in [6.07, 6.45) is 2.64. The highest BCUT2D eigenvalue weighted by Gasteiger charge is 2.23. The van der Waals surface area contributed by atoms with Gasteiger partial charge in [-0.15, -0.1) is 0 Å². The Kier molecular flexibility index (Phi) is 6.02. The summed E-state index contributed by atoms with van der Waals surface area (Å²) < 4.78 is 0. The van der Waals surface area contributed by atoms with Crippen molar-refractivity contribution in [2.24, 2.45) is 0 Å². The zero-order chi connectivity index (χ0) is 11.1. The van der Waals surface area contributed by atoms with Gasteiger partial charge < -0.3 is 10.2 Å². The molecule has 0 radical (unpaired) electrons. The second kappa shape index (κ2) is 6.77. The summed E-state index contributed by atoms with van der Waals surface area (Å²) in [7, 11) is 0. The molecule has 0 bridgehead atoms. The molecule has 0 saturated carbocycles. The van der Waals surface area contributed by atoms with Crippen LogP contribution in [0.3, 0.4) is 0 Å². The molecule has 0 aromatic rings. The maximum Gasteiger partial charge on any atom is 0.0252 e. The van der Waals surface area contributed by atoms with E-state index in [1.54, 1.807) is 0 Å². The molecule has 1 aliphatic rings. The second-order valence-corrected chi connectivity index (χ2v) is 6.38. The molecule has 90 valence electrons. The smallest absolute Gasteiger partial charge is 0.0252 e. The zero-order valence-electron chi connectivity index (χ0n) is 10.5. The molecule has 0 aromatic heterocycles. The maximum absolute atomic E-state index is 3.61. The largest absolute Gasteiger partial charge is 0.310 e. The summed E-state index contributed by atoms with van der Waals surface area (Å²) in [5, 5.41) is 3.61. The molecule has 0 spiro atoms. The predicted octanol–water partition coefficient (Wildman–Crippen LogP) is 2.20. The van der Waals surface area contributed by atoms with Crippen molar-refractivity contribution in [3.63, 3.8) is 0 Å². The standard InChI is InChI=1S/C12H26N2S/c1-4-15-10-6-9-14-8-5-7-13-12(2,3)11-14/h13H,4-11H2,1-3H3. The van der Waals surface area contributed by atoms with Gasteiger partial charge in [0.05, 0.1) is 0 Å². The van der Waals surface area contributed by atoms with E-state index < -0.39 is 0 Å². The lowest BCUT2D eigenvalue weighted by Crippen LogP contribution is -2.46. The van der Waals surface area contributed by atoms with Gasteiger partial charge in [-0.1, -0.05) is 6.92 Å². The lowest BCUT2D eigenvalue weighted by Gasteiger charge is -2.29. The van der Waals surface area contributed by atoms with E-state index in [-0.39, 0.29) is 0 Å². The zero-order valence-corrected chi connectivity index (χ0v) is 11.3. The molecule has 1 saturated heterocycles. The molecule has 1 aliphatic heterocycles. The molecular weight excluding hydrogens is 204 g/mol. The molecule has 1 fully saturated rings. The quantitative estimate of drug-likeness (QED) is 0.729. The van der Waals surface area contributed by atoms with Crippen LogP contribution in [0.2, 0.25) is 0 Å². The first-order chi connectivity index (χ1) is 7.14. The van der Waals surface area contributed by atoms with Crippen LogP contribution in [0.15, 0.2) is 0 Å². The van der Waals surface area contributed by atoms with E-state index in [0.717, 1.165) is 0 Å². The summed E-state index contributed by atoms with van der Waals surface area (Å²) in [6.45, 7) is 11.8. The molecule has 1 rings (SSSR count). The Hall–Kier alpha value is 0.270. The van der Waals surface area contributed by atoms with Gasteiger partial charge in [-0.05, 0) is 57.8 Å². The lowest BCUT2D eigenvalue weighted by molar-refractivity contribution is 0.232. The minimum atomic E-state index is 0.300. The number of hydrogen-bond acceptors (Lipinski definition) is 3. The third-order valence-corrected chi connectivity index (χ3v) is 3.83. The normalized spacial score (nSPS) is 22.6. The minimum Gasteiger partial charge on any atom is -0.310 e. The van der Waals surface area contributed by atoms with Crippen LogP contribution >= 0.6 is 11.8 Å². The summed E-state index contributed by atoms with van der Waals surface area (Å²) in [6, 6.07) is 0. The van der Waals surface area contributed by atoms with E-state index in [2.05, 4.69) is 42.7 Å². The average molecular weight is 230 g/mol. The Morgan fingerprint density at radius 3 is 2.93 bits per heavy atom. The van der Waals surface area contributed by atoms with Crippen molar-refractivity contribution in [1.82, 2.24) is 10.2 Å². The van der Waals surface area contributed by atoms with Gasteiger partial charge in [-0.25, -0.2) is 0 Å². The van der Waals surface area contributed by atoms with Gasteiger partial charge in [0.15, 0.2) is 0 Å². The van der Waals surface area contributed by atoms with E-state index >= 15 is 0 Å². The van der Waals surface area contributed by atoms with Crippen molar-refractivity contribution in [1.29, 1.82) is 0 Å². The molecular formula is C12H26N2S. The van der Waals surface area contributed by atoms with Crippen LogP contribution in [0, 0.1) is 0 Å². The van der Waals surface area contributed by atoms with Crippen LogP contribution in [0.5, 0.6) is 0 Å². The fourth-order valence-corrected chi connectivity index (χ4v) is 2.77. The van der Waals surface area contributed by atoms with Gasteiger partial charge in [0.1, 0.15) is 0 Å². The second-order valence-electron chi connectivity index (χ2n) is 4.99. The molecule has 1 heterocycles. The fraction of sp³-hybridized carbons (Fsp3) is 1.00. The van der Waals surface area contributed by atoms with Crippen LogP contribution in [-0.2, 0) is 0 Å². The Bertz CT molecular complexity index is 171. The molecule has 1 N–H and O–H groups in total. The molecule has 3 heteroatoms. The summed E-state index contributed by atoms with van der Waals surface area (Å²) in [5.41, 5.74) is 0.300. The monoisotopic (exact) mass is 230 g/mol. The lowest BCUT2D eigenvalue weighted by atomic mass is 10.1. The Morgan fingerprint density at radius 1 is 1.40 bits per heavy atom. The molecule has 0 aliphatic carbocycles. The van der Waals surface area contributed by atoms with Crippen LogP contribution < -0.4 is 5.32 Å². The van der Waals surface area contributed by atoms with E-state index in [0.29, 0.717) is 5.54 Å².